The summed E-state index contributed by atoms with van der Waals surface area (Å²) in [5.74, 6) is -0.476. The fraction of sp³-hybridized carbons (Fsp3) is 0.174. The second-order valence-corrected chi connectivity index (χ2v) is 8.81. The van der Waals surface area contributed by atoms with Crippen LogP contribution in [0.3, 0.4) is 0 Å². The van der Waals surface area contributed by atoms with Crippen molar-refractivity contribution < 1.29 is 9.18 Å². The van der Waals surface area contributed by atoms with Gasteiger partial charge in [-0.3, -0.25) is 14.2 Å². The molecule has 0 radical (unpaired) electrons. The highest BCUT2D eigenvalue weighted by Crippen LogP contribution is 2.26. The lowest BCUT2D eigenvalue weighted by atomic mass is 10.1. The average Bonchev–Trinajstić information content (AvgIpc) is 3.22. The van der Waals surface area contributed by atoms with Crippen LogP contribution in [0.1, 0.15) is 18.1 Å². The molecule has 0 aliphatic carbocycles. The number of aryl methyl sites for hydroxylation is 2. The molecule has 2 aromatic heterocycles. The number of halogens is 1. The van der Waals surface area contributed by atoms with Gasteiger partial charge >= 0.3 is 0 Å². The largest absolute Gasteiger partial charge is 0.325 e. The lowest BCUT2D eigenvalue weighted by molar-refractivity contribution is -0.113. The van der Waals surface area contributed by atoms with Crippen LogP contribution >= 0.6 is 23.1 Å². The number of amides is 1. The molecule has 0 fully saturated rings. The second-order valence-electron chi connectivity index (χ2n) is 6.95. The predicted molar refractivity (Wildman–Crippen MR) is 125 cm³/mol. The van der Waals surface area contributed by atoms with E-state index < -0.39 is 0 Å². The van der Waals surface area contributed by atoms with Crippen molar-refractivity contribution in [1.29, 1.82) is 0 Å². The van der Waals surface area contributed by atoms with Gasteiger partial charge in [-0.25, -0.2) is 9.37 Å². The van der Waals surface area contributed by atoms with Gasteiger partial charge in [0.1, 0.15) is 10.5 Å². The van der Waals surface area contributed by atoms with Crippen molar-refractivity contribution >= 4 is 44.9 Å². The van der Waals surface area contributed by atoms with Gasteiger partial charge in [0, 0.05) is 5.69 Å². The topological polar surface area (TPSA) is 64.0 Å². The number of aromatic nitrogens is 2. The average molecular weight is 454 g/mol. The van der Waals surface area contributed by atoms with Crippen molar-refractivity contribution in [2.45, 2.75) is 25.4 Å². The molecular weight excluding hydrogens is 433 g/mol. The molecule has 2 aromatic carbocycles. The molecule has 0 bridgehead atoms. The van der Waals surface area contributed by atoms with Gasteiger partial charge in [0.2, 0.25) is 5.91 Å². The van der Waals surface area contributed by atoms with E-state index in [1.54, 1.807) is 19.1 Å². The van der Waals surface area contributed by atoms with E-state index in [2.05, 4.69) is 10.3 Å². The maximum absolute atomic E-state index is 13.6. The molecule has 8 heteroatoms. The molecule has 4 rings (SSSR count). The van der Waals surface area contributed by atoms with Gasteiger partial charge in [-0.1, -0.05) is 36.9 Å². The van der Waals surface area contributed by atoms with E-state index in [0.29, 0.717) is 26.6 Å². The van der Waals surface area contributed by atoms with Crippen LogP contribution in [0.5, 0.6) is 0 Å². The number of fused-ring (bicyclic) bond motifs is 1. The van der Waals surface area contributed by atoms with Crippen LogP contribution in [0.15, 0.2) is 63.9 Å². The number of rotatable bonds is 6. The number of benzene rings is 2. The minimum Gasteiger partial charge on any atom is -0.325 e. The Kier molecular flexibility index (Phi) is 6.20. The minimum absolute atomic E-state index is 0.0837. The summed E-state index contributed by atoms with van der Waals surface area (Å²) in [6.45, 7) is 3.77. The zero-order valence-corrected chi connectivity index (χ0v) is 18.6. The molecule has 0 aliphatic rings. The first-order chi connectivity index (χ1) is 15.0. The Morgan fingerprint density at radius 1 is 1.23 bits per heavy atom. The number of para-hydroxylation sites is 1. The zero-order chi connectivity index (χ0) is 22.0. The monoisotopic (exact) mass is 453 g/mol. The third-order valence-corrected chi connectivity index (χ3v) is 6.68. The fourth-order valence-electron chi connectivity index (χ4n) is 3.34. The molecule has 0 unspecified atom stereocenters. The predicted octanol–water partition coefficient (Wildman–Crippen LogP) is 5.19. The Morgan fingerprint density at radius 3 is 2.81 bits per heavy atom. The summed E-state index contributed by atoms with van der Waals surface area (Å²) in [5.41, 5.74) is 3.36. The molecule has 1 amide bonds. The summed E-state index contributed by atoms with van der Waals surface area (Å²) < 4.78 is 15.6. The number of thiophene rings is 1. The number of hydrogen-bond donors (Lipinski definition) is 1. The van der Waals surface area contributed by atoms with E-state index in [4.69, 9.17) is 0 Å². The summed E-state index contributed by atoms with van der Waals surface area (Å²) >= 11 is 2.49. The van der Waals surface area contributed by atoms with Gasteiger partial charge in [0.15, 0.2) is 5.16 Å². The van der Waals surface area contributed by atoms with E-state index in [1.807, 2.05) is 36.6 Å². The number of carbonyl (C=O) groups is 1. The molecule has 0 spiro atoms. The Morgan fingerprint density at radius 2 is 2.03 bits per heavy atom. The molecule has 0 atom stereocenters. The van der Waals surface area contributed by atoms with Gasteiger partial charge in [-0.2, -0.15) is 0 Å². The maximum Gasteiger partial charge on any atom is 0.276 e. The molecule has 158 valence electrons. The van der Waals surface area contributed by atoms with E-state index in [1.165, 1.54) is 39.8 Å². The number of carbonyl (C=O) groups excluding carboxylic acids is 1. The van der Waals surface area contributed by atoms with Crippen LogP contribution in [0.4, 0.5) is 10.1 Å². The summed E-state index contributed by atoms with van der Waals surface area (Å²) in [4.78, 5) is 30.4. The fourth-order valence-corrected chi connectivity index (χ4v) is 4.90. The minimum atomic E-state index is -0.373. The third kappa shape index (κ3) is 4.40. The first-order valence-electron chi connectivity index (χ1n) is 9.75. The molecule has 31 heavy (non-hydrogen) atoms. The van der Waals surface area contributed by atoms with Crippen molar-refractivity contribution in [3.63, 3.8) is 0 Å². The second kappa shape index (κ2) is 9.03. The van der Waals surface area contributed by atoms with Crippen LogP contribution < -0.4 is 10.9 Å². The van der Waals surface area contributed by atoms with Crippen molar-refractivity contribution in [3.05, 3.63) is 81.2 Å². The highest BCUT2D eigenvalue weighted by atomic mass is 32.2. The maximum atomic E-state index is 13.6. The number of thioether (sulfide) groups is 1. The number of hydrogen-bond acceptors (Lipinski definition) is 5. The van der Waals surface area contributed by atoms with Gasteiger partial charge in [0.25, 0.3) is 5.56 Å². The van der Waals surface area contributed by atoms with E-state index in [0.717, 1.165) is 17.7 Å². The summed E-state index contributed by atoms with van der Waals surface area (Å²) in [7, 11) is 0. The SMILES string of the molecule is CCc1ccccc1NC(=O)CSc1nc2ccsc2c(=O)n1-c1ccc(F)cc1C. The molecule has 1 N–H and O–H groups in total. The lowest BCUT2D eigenvalue weighted by Gasteiger charge is -2.14. The Bertz CT molecular complexity index is 1330. The van der Waals surface area contributed by atoms with Crippen LogP contribution in [-0.2, 0) is 11.2 Å². The van der Waals surface area contributed by atoms with Crippen LogP contribution in [0.25, 0.3) is 15.9 Å². The van der Waals surface area contributed by atoms with Crippen molar-refractivity contribution in [1.82, 2.24) is 9.55 Å². The van der Waals surface area contributed by atoms with Crippen molar-refractivity contribution in [3.8, 4) is 5.69 Å². The quantitative estimate of drug-likeness (QED) is 0.322. The molecule has 0 saturated heterocycles. The van der Waals surface area contributed by atoms with Crippen LogP contribution in [0, 0.1) is 12.7 Å². The van der Waals surface area contributed by atoms with E-state index in [-0.39, 0.29) is 23.0 Å². The highest BCUT2D eigenvalue weighted by Gasteiger charge is 2.17. The van der Waals surface area contributed by atoms with Crippen molar-refractivity contribution in [2.75, 3.05) is 11.1 Å². The number of nitrogens with one attached hydrogen (secondary N) is 1. The standard InChI is InChI=1S/C23H20FN3O2S2/c1-3-15-6-4-5-7-17(15)25-20(28)13-31-23-26-18-10-11-30-21(18)22(29)27(23)19-9-8-16(24)12-14(19)2/h4-12H,3,13H2,1-2H3,(H,25,28). The first kappa shape index (κ1) is 21.3. The van der Waals surface area contributed by atoms with Crippen molar-refractivity contribution in [2.24, 2.45) is 0 Å². The smallest absolute Gasteiger partial charge is 0.276 e. The van der Waals surface area contributed by atoms with Crippen LogP contribution in [-0.4, -0.2) is 21.2 Å². The van der Waals surface area contributed by atoms with E-state index >= 15 is 0 Å². The van der Waals surface area contributed by atoms with Gasteiger partial charge in [-0.05, 0) is 60.2 Å². The number of anilines is 1. The molecule has 5 nitrogen and oxygen atoms in total. The molecular formula is C23H20FN3O2S2. The first-order valence-corrected chi connectivity index (χ1v) is 11.6. The Balaban J connectivity index is 1.67. The lowest BCUT2D eigenvalue weighted by Crippen LogP contribution is -2.23. The number of nitrogens with zero attached hydrogens (tertiary/aromatic N) is 2. The molecule has 4 aromatic rings. The molecule has 0 aliphatic heterocycles. The molecule has 2 heterocycles. The normalized spacial score (nSPS) is 11.1. The van der Waals surface area contributed by atoms with Gasteiger partial charge < -0.3 is 5.32 Å². The Labute approximate surface area is 187 Å². The third-order valence-electron chi connectivity index (χ3n) is 4.85. The molecule has 0 saturated carbocycles. The summed E-state index contributed by atoms with van der Waals surface area (Å²) in [5, 5.41) is 5.14. The Hall–Kier alpha value is -2.97. The summed E-state index contributed by atoms with van der Waals surface area (Å²) in [6, 6.07) is 13.7. The highest BCUT2D eigenvalue weighted by molar-refractivity contribution is 7.99. The van der Waals surface area contributed by atoms with Crippen LogP contribution in [0.2, 0.25) is 0 Å². The van der Waals surface area contributed by atoms with Gasteiger partial charge in [0.05, 0.1) is 17.0 Å². The van der Waals surface area contributed by atoms with Gasteiger partial charge in [-0.15, -0.1) is 11.3 Å². The summed E-state index contributed by atoms with van der Waals surface area (Å²) in [6.07, 6.45) is 0.809. The zero-order valence-electron chi connectivity index (χ0n) is 17.0. The van der Waals surface area contributed by atoms with E-state index in [9.17, 15) is 14.0 Å².